The molecule has 0 aromatic heterocycles. The molecule has 0 aliphatic rings. The molecule has 0 bridgehead atoms. The summed E-state index contributed by atoms with van der Waals surface area (Å²) >= 11 is 0. The van der Waals surface area contributed by atoms with E-state index in [0.29, 0.717) is 12.6 Å². The summed E-state index contributed by atoms with van der Waals surface area (Å²) in [6.07, 6.45) is 2.32. The molecule has 0 saturated carbocycles. The van der Waals surface area contributed by atoms with Crippen LogP contribution in [-0.4, -0.2) is 31.6 Å². The molecule has 0 aliphatic carbocycles. The third-order valence-electron chi connectivity index (χ3n) is 2.98. The summed E-state index contributed by atoms with van der Waals surface area (Å²) in [5.74, 6) is -0.115. The highest BCUT2D eigenvalue weighted by Crippen LogP contribution is 2.09. The minimum atomic E-state index is -0.115. The molecule has 1 rings (SSSR count). The standard InChI is InChI=1S/C14H23FN2/c1-4-7-13(16-2)11-17(3)10-12-8-5-6-9-14(12)15/h5-6,8-9,13,16H,4,7,10-11H2,1-3H3. The minimum Gasteiger partial charge on any atom is -0.316 e. The lowest BCUT2D eigenvalue weighted by Crippen LogP contribution is -2.37. The molecule has 2 nitrogen and oxygen atoms in total. The Morgan fingerprint density at radius 1 is 1.35 bits per heavy atom. The van der Waals surface area contributed by atoms with Gasteiger partial charge in [-0.15, -0.1) is 0 Å². The van der Waals surface area contributed by atoms with Crippen molar-refractivity contribution in [1.82, 2.24) is 10.2 Å². The molecule has 0 spiro atoms. The van der Waals surface area contributed by atoms with Crippen LogP contribution in [0.3, 0.4) is 0 Å². The number of benzene rings is 1. The van der Waals surface area contributed by atoms with Gasteiger partial charge in [-0.3, -0.25) is 0 Å². The van der Waals surface area contributed by atoms with E-state index in [1.807, 2.05) is 26.2 Å². The summed E-state index contributed by atoms with van der Waals surface area (Å²) < 4.78 is 13.5. The van der Waals surface area contributed by atoms with Gasteiger partial charge in [0.05, 0.1) is 0 Å². The van der Waals surface area contributed by atoms with Crippen LogP contribution in [0, 0.1) is 5.82 Å². The summed E-state index contributed by atoms with van der Waals surface area (Å²) in [6.45, 7) is 3.79. The van der Waals surface area contributed by atoms with Crippen LogP contribution in [0.15, 0.2) is 24.3 Å². The van der Waals surface area contributed by atoms with Gasteiger partial charge in [0.1, 0.15) is 5.82 Å². The van der Waals surface area contributed by atoms with Gasteiger partial charge in [-0.2, -0.15) is 0 Å². The molecule has 1 atom stereocenters. The first kappa shape index (κ1) is 14.1. The molecular weight excluding hydrogens is 215 g/mol. The Kier molecular flexibility index (Phi) is 6.16. The fraction of sp³-hybridized carbons (Fsp3) is 0.571. The smallest absolute Gasteiger partial charge is 0.127 e. The Morgan fingerprint density at radius 2 is 2.06 bits per heavy atom. The topological polar surface area (TPSA) is 15.3 Å². The van der Waals surface area contributed by atoms with Crippen LogP contribution in [0.4, 0.5) is 4.39 Å². The predicted octanol–water partition coefficient (Wildman–Crippen LogP) is 2.65. The molecule has 0 aliphatic heterocycles. The van der Waals surface area contributed by atoms with Gasteiger partial charge < -0.3 is 10.2 Å². The van der Waals surface area contributed by atoms with Crippen molar-refractivity contribution in [2.45, 2.75) is 32.4 Å². The van der Waals surface area contributed by atoms with Crippen molar-refractivity contribution < 1.29 is 4.39 Å². The van der Waals surface area contributed by atoms with Crippen molar-refractivity contribution in [2.24, 2.45) is 0 Å². The summed E-state index contributed by atoms with van der Waals surface area (Å²) in [5, 5.41) is 3.30. The van der Waals surface area contributed by atoms with E-state index in [1.54, 1.807) is 6.07 Å². The maximum Gasteiger partial charge on any atom is 0.127 e. The lowest BCUT2D eigenvalue weighted by atomic mass is 10.1. The minimum absolute atomic E-state index is 0.115. The largest absolute Gasteiger partial charge is 0.316 e. The van der Waals surface area contributed by atoms with Gasteiger partial charge in [-0.1, -0.05) is 31.5 Å². The van der Waals surface area contributed by atoms with E-state index in [2.05, 4.69) is 17.1 Å². The molecule has 96 valence electrons. The Morgan fingerprint density at radius 3 is 2.65 bits per heavy atom. The van der Waals surface area contributed by atoms with Crippen LogP contribution in [0.1, 0.15) is 25.3 Å². The second kappa shape index (κ2) is 7.41. The Balaban J connectivity index is 2.49. The number of nitrogens with one attached hydrogen (secondary N) is 1. The summed E-state index contributed by atoms with van der Waals surface area (Å²) in [7, 11) is 4.02. The highest BCUT2D eigenvalue weighted by molar-refractivity contribution is 5.16. The first-order valence-electron chi connectivity index (χ1n) is 6.26. The average molecular weight is 238 g/mol. The van der Waals surface area contributed by atoms with Gasteiger partial charge in [0, 0.05) is 24.7 Å². The van der Waals surface area contributed by atoms with Crippen molar-refractivity contribution in [3.8, 4) is 0 Å². The molecule has 0 amide bonds. The zero-order valence-electron chi connectivity index (χ0n) is 11.0. The van der Waals surface area contributed by atoms with E-state index in [4.69, 9.17) is 0 Å². The number of rotatable bonds is 7. The van der Waals surface area contributed by atoms with E-state index < -0.39 is 0 Å². The van der Waals surface area contributed by atoms with Gasteiger partial charge in [0.25, 0.3) is 0 Å². The molecule has 17 heavy (non-hydrogen) atoms. The van der Waals surface area contributed by atoms with Crippen LogP contribution < -0.4 is 5.32 Å². The zero-order valence-corrected chi connectivity index (χ0v) is 11.0. The molecule has 1 N–H and O–H groups in total. The number of hydrogen-bond donors (Lipinski definition) is 1. The predicted molar refractivity (Wildman–Crippen MR) is 70.5 cm³/mol. The monoisotopic (exact) mass is 238 g/mol. The van der Waals surface area contributed by atoms with Gasteiger partial charge in [-0.05, 0) is 26.6 Å². The molecule has 1 aromatic carbocycles. The van der Waals surface area contributed by atoms with Gasteiger partial charge >= 0.3 is 0 Å². The maximum atomic E-state index is 13.5. The first-order chi connectivity index (χ1) is 8.17. The van der Waals surface area contributed by atoms with Crippen LogP contribution >= 0.6 is 0 Å². The first-order valence-corrected chi connectivity index (χ1v) is 6.26. The van der Waals surface area contributed by atoms with Crippen molar-refractivity contribution in [3.63, 3.8) is 0 Å². The van der Waals surface area contributed by atoms with Crippen LogP contribution in [-0.2, 0) is 6.54 Å². The molecule has 0 radical (unpaired) electrons. The lowest BCUT2D eigenvalue weighted by Gasteiger charge is -2.23. The molecular formula is C14H23FN2. The molecule has 0 heterocycles. The molecule has 1 aromatic rings. The van der Waals surface area contributed by atoms with Gasteiger partial charge in [0.15, 0.2) is 0 Å². The quantitative estimate of drug-likeness (QED) is 0.785. The summed E-state index contributed by atoms with van der Waals surface area (Å²) in [4.78, 5) is 2.16. The summed E-state index contributed by atoms with van der Waals surface area (Å²) in [6, 6.07) is 7.46. The van der Waals surface area contributed by atoms with E-state index in [1.165, 1.54) is 12.5 Å². The fourth-order valence-electron chi connectivity index (χ4n) is 2.03. The molecule has 3 heteroatoms. The Hall–Kier alpha value is -0.930. The molecule has 1 unspecified atom stereocenters. The van der Waals surface area contributed by atoms with Gasteiger partial charge in [-0.25, -0.2) is 4.39 Å². The van der Waals surface area contributed by atoms with Crippen molar-refractivity contribution in [2.75, 3.05) is 20.6 Å². The van der Waals surface area contributed by atoms with E-state index in [0.717, 1.165) is 18.5 Å². The van der Waals surface area contributed by atoms with Crippen LogP contribution in [0.2, 0.25) is 0 Å². The van der Waals surface area contributed by atoms with Crippen molar-refractivity contribution >= 4 is 0 Å². The van der Waals surface area contributed by atoms with Crippen LogP contribution in [0.5, 0.6) is 0 Å². The second-order valence-electron chi connectivity index (χ2n) is 4.56. The zero-order chi connectivity index (χ0) is 12.7. The lowest BCUT2D eigenvalue weighted by molar-refractivity contribution is 0.276. The Bertz CT molecular complexity index is 328. The van der Waals surface area contributed by atoms with Gasteiger partial charge in [0.2, 0.25) is 0 Å². The highest BCUT2D eigenvalue weighted by atomic mass is 19.1. The third kappa shape index (κ3) is 4.84. The highest BCUT2D eigenvalue weighted by Gasteiger charge is 2.10. The van der Waals surface area contributed by atoms with E-state index >= 15 is 0 Å². The number of halogens is 1. The fourth-order valence-corrected chi connectivity index (χ4v) is 2.03. The van der Waals surface area contributed by atoms with E-state index in [9.17, 15) is 4.39 Å². The Labute approximate surface area is 104 Å². The number of hydrogen-bond acceptors (Lipinski definition) is 2. The summed E-state index contributed by atoms with van der Waals surface area (Å²) in [5.41, 5.74) is 0.765. The van der Waals surface area contributed by atoms with E-state index in [-0.39, 0.29) is 5.82 Å². The number of nitrogens with zero attached hydrogens (tertiary/aromatic N) is 1. The normalized spacial score (nSPS) is 13.0. The number of likely N-dealkylation sites (N-methyl/N-ethyl adjacent to an activating group) is 2. The van der Waals surface area contributed by atoms with Crippen molar-refractivity contribution in [1.29, 1.82) is 0 Å². The third-order valence-corrected chi connectivity index (χ3v) is 2.98. The SMILES string of the molecule is CCCC(CN(C)Cc1ccccc1F)NC. The van der Waals surface area contributed by atoms with Crippen LogP contribution in [0.25, 0.3) is 0 Å². The maximum absolute atomic E-state index is 13.5. The van der Waals surface area contributed by atoms with Crippen molar-refractivity contribution in [3.05, 3.63) is 35.6 Å². The molecule has 0 saturated heterocycles. The average Bonchev–Trinajstić information content (AvgIpc) is 2.31. The molecule has 0 fully saturated rings. The second-order valence-corrected chi connectivity index (χ2v) is 4.56.